The van der Waals surface area contributed by atoms with Gasteiger partial charge in [-0.15, -0.1) is 0 Å². The van der Waals surface area contributed by atoms with Gasteiger partial charge in [-0.25, -0.2) is 0 Å². The molecular weight excluding hydrogens is 200 g/mol. The van der Waals surface area contributed by atoms with Crippen molar-refractivity contribution >= 4 is 19.6 Å². The van der Waals surface area contributed by atoms with Gasteiger partial charge in [0.1, 0.15) is 0 Å². The lowest BCUT2D eigenvalue weighted by molar-refractivity contribution is 0.401. The van der Waals surface area contributed by atoms with Gasteiger partial charge in [0.2, 0.25) is 8.32 Å². The van der Waals surface area contributed by atoms with E-state index in [4.69, 9.17) is 4.43 Å². The lowest BCUT2D eigenvalue weighted by Crippen LogP contribution is -2.49. The van der Waals surface area contributed by atoms with Crippen LogP contribution in [0.1, 0.15) is 19.4 Å². The molecule has 2 heteroatoms. The van der Waals surface area contributed by atoms with E-state index in [1.165, 1.54) is 10.8 Å². The fourth-order valence-electron chi connectivity index (χ4n) is 1.66. The van der Waals surface area contributed by atoms with Crippen LogP contribution < -0.4 is 5.19 Å². The van der Waals surface area contributed by atoms with E-state index >= 15 is 0 Å². The van der Waals surface area contributed by atoms with Crippen molar-refractivity contribution in [2.24, 2.45) is 0 Å². The van der Waals surface area contributed by atoms with Gasteiger partial charge in [0.05, 0.1) is 0 Å². The quantitative estimate of drug-likeness (QED) is 0.708. The molecule has 0 saturated carbocycles. The Morgan fingerprint density at radius 2 is 2.07 bits per heavy atom. The fraction of sp³-hybridized carbons (Fsp3) is 0.385. The Balaban J connectivity index is 3.17. The highest BCUT2D eigenvalue weighted by Crippen LogP contribution is 2.21. The average Bonchev–Trinajstić information content (AvgIpc) is 2.27. The largest absolute Gasteiger partial charge is 0.416 e. The summed E-state index contributed by atoms with van der Waals surface area (Å²) in [6.07, 6.45) is 1.88. The molecule has 0 aliphatic heterocycles. The normalized spacial score (nSPS) is 15.0. The van der Waals surface area contributed by atoms with E-state index in [9.17, 15) is 0 Å². The molecule has 1 aromatic rings. The molecule has 0 aliphatic carbocycles. The van der Waals surface area contributed by atoms with Gasteiger partial charge in [0.15, 0.2) is 0 Å². The first-order valence-electron chi connectivity index (χ1n) is 5.32. The summed E-state index contributed by atoms with van der Waals surface area (Å²) in [6, 6.07) is 8.52. The standard InChI is InChI=1S/C13H20OSi/c1-6-12-8-7-9-13(10-12)15(5,14-4)11(2)3/h6-11H,1H2,2-5H3. The molecule has 0 aromatic heterocycles. The number of rotatable bonds is 4. The first-order chi connectivity index (χ1) is 7.04. The molecule has 82 valence electrons. The van der Waals surface area contributed by atoms with Crippen molar-refractivity contribution in [3.05, 3.63) is 36.4 Å². The highest BCUT2D eigenvalue weighted by Gasteiger charge is 2.34. The molecule has 1 atom stereocenters. The van der Waals surface area contributed by atoms with Gasteiger partial charge in [-0.3, -0.25) is 0 Å². The molecular formula is C13H20OSi. The summed E-state index contributed by atoms with van der Waals surface area (Å²) in [5.41, 5.74) is 1.74. The summed E-state index contributed by atoms with van der Waals surface area (Å²) >= 11 is 0. The van der Waals surface area contributed by atoms with Gasteiger partial charge >= 0.3 is 0 Å². The highest BCUT2D eigenvalue weighted by molar-refractivity contribution is 6.86. The Labute approximate surface area is 93.9 Å². The monoisotopic (exact) mass is 220 g/mol. The summed E-state index contributed by atoms with van der Waals surface area (Å²) < 4.78 is 5.79. The molecule has 0 aliphatic rings. The third kappa shape index (κ3) is 2.39. The Hall–Kier alpha value is -0.863. The van der Waals surface area contributed by atoms with E-state index in [2.05, 4.69) is 51.2 Å². The Morgan fingerprint density at radius 1 is 1.40 bits per heavy atom. The van der Waals surface area contributed by atoms with Crippen LogP contribution in [0.2, 0.25) is 12.1 Å². The Kier molecular flexibility index (Phi) is 3.88. The van der Waals surface area contributed by atoms with Crippen molar-refractivity contribution in [3.8, 4) is 0 Å². The molecule has 0 spiro atoms. The van der Waals surface area contributed by atoms with Crippen molar-refractivity contribution in [1.29, 1.82) is 0 Å². The minimum absolute atomic E-state index is 0.572. The predicted octanol–water partition coefficient (Wildman–Crippen LogP) is 3.17. The van der Waals surface area contributed by atoms with Crippen molar-refractivity contribution in [2.45, 2.75) is 25.9 Å². The molecule has 0 radical (unpaired) electrons. The second-order valence-corrected chi connectivity index (χ2v) is 8.65. The van der Waals surface area contributed by atoms with Crippen LogP contribution in [0.15, 0.2) is 30.8 Å². The molecule has 1 unspecified atom stereocenters. The van der Waals surface area contributed by atoms with E-state index < -0.39 is 8.32 Å². The molecule has 0 amide bonds. The lowest BCUT2D eigenvalue weighted by Gasteiger charge is -2.30. The minimum atomic E-state index is -1.77. The molecule has 1 nitrogen and oxygen atoms in total. The van der Waals surface area contributed by atoms with Crippen molar-refractivity contribution < 1.29 is 4.43 Å². The zero-order valence-electron chi connectivity index (χ0n) is 10.1. The molecule has 1 rings (SSSR count). The maximum atomic E-state index is 5.79. The highest BCUT2D eigenvalue weighted by atomic mass is 28.4. The molecule has 0 heterocycles. The SMILES string of the molecule is C=Cc1cccc([Si](C)(OC)C(C)C)c1. The van der Waals surface area contributed by atoms with Crippen molar-refractivity contribution in [3.63, 3.8) is 0 Å². The third-order valence-electron chi connectivity index (χ3n) is 3.22. The van der Waals surface area contributed by atoms with Gasteiger partial charge < -0.3 is 4.43 Å². The van der Waals surface area contributed by atoms with E-state index in [0.29, 0.717) is 5.54 Å². The summed E-state index contributed by atoms with van der Waals surface area (Å²) in [4.78, 5) is 0. The van der Waals surface area contributed by atoms with Gasteiger partial charge in [0.25, 0.3) is 0 Å². The molecule has 1 aromatic carbocycles. The molecule has 0 N–H and O–H groups in total. The van der Waals surface area contributed by atoms with Gasteiger partial charge in [0, 0.05) is 7.11 Å². The number of hydrogen-bond donors (Lipinski definition) is 0. The van der Waals surface area contributed by atoms with E-state index in [-0.39, 0.29) is 0 Å². The maximum Gasteiger partial charge on any atom is 0.223 e. The van der Waals surface area contributed by atoms with Crippen LogP contribution in [-0.2, 0) is 4.43 Å². The molecule has 0 fully saturated rings. The van der Waals surface area contributed by atoms with E-state index in [1.807, 2.05) is 13.2 Å². The second-order valence-electron chi connectivity index (χ2n) is 4.30. The first kappa shape index (κ1) is 12.2. The van der Waals surface area contributed by atoms with E-state index in [0.717, 1.165) is 0 Å². The zero-order chi connectivity index (χ0) is 11.5. The fourth-order valence-corrected chi connectivity index (χ4v) is 3.92. The van der Waals surface area contributed by atoms with Crippen molar-refractivity contribution in [2.75, 3.05) is 7.11 Å². The van der Waals surface area contributed by atoms with Crippen LogP contribution in [0.4, 0.5) is 0 Å². The van der Waals surface area contributed by atoms with Gasteiger partial charge in [-0.2, -0.15) is 0 Å². The summed E-state index contributed by atoms with van der Waals surface area (Å²) in [5, 5.41) is 1.34. The number of benzene rings is 1. The molecule has 0 bridgehead atoms. The Morgan fingerprint density at radius 3 is 2.53 bits per heavy atom. The number of hydrogen-bond acceptors (Lipinski definition) is 1. The van der Waals surface area contributed by atoms with Crippen LogP contribution in [0, 0.1) is 0 Å². The lowest BCUT2D eigenvalue weighted by atomic mass is 10.2. The Bertz CT molecular complexity index is 346. The topological polar surface area (TPSA) is 9.23 Å². The van der Waals surface area contributed by atoms with Crippen LogP contribution in [0.25, 0.3) is 6.08 Å². The smallest absolute Gasteiger partial charge is 0.223 e. The summed E-state index contributed by atoms with van der Waals surface area (Å²) in [5.74, 6) is 0. The third-order valence-corrected chi connectivity index (χ3v) is 7.73. The van der Waals surface area contributed by atoms with Crippen LogP contribution in [0.3, 0.4) is 0 Å². The van der Waals surface area contributed by atoms with Crippen LogP contribution >= 0.6 is 0 Å². The van der Waals surface area contributed by atoms with Gasteiger partial charge in [-0.05, 0) is 22.8 Å². The maximum absolute atomic E-state index is 5.79. The molecule has 15 heavy (non-hydrogen) atoms. The van der Waals surface area contributed by atoms with E-state index in [1.54, 1.807) is 0 Å². The predicted molar refractivity (Wildman–Crippen MR) is 69.9 cm³/mol. The molecule has 0 saturated heterocycles. The summed E-state index contributed by atoms with van der Waals surface area (Å²) in [6.45, 7) is 10.5. The first-order valence-corrected chi connectivity index (χ1v) is 7.81. The average molecular weight is 220 g/mol. The minimum Gasteiger partial charge on any atom is -0.416 e. The van der Waals surface area contributed by atoms with Gasteiger partial charge in [-0.1, -0.05) is 50.8 Å². The van der Waals surface area contributed by atoms with Crippen LogP contribution in [-0.4, -0.2) is 15.4 Å². The zero-order valence-corrected chi connectivity index (χ0v) is 11.1. The second kappa shape index (κ2) is 4.77. The van der Waals surface area contributed by atoms with Crippen LogP contribution in [0.5, 0.6) is 0 Å². The summed E-state index contributed by atoms with van der Waals surface area (Å²) in [7, 11) is 0.0539. The van der Waals surface area contributed by atoms with Crippen molar-refractivity contribution in [1.82, 2.24) is 0 Å².